The van der Waals surface area contributed by atoms with Gasteiger partial charge in [0.05, 0.1) is 11.5 Å². The number of benzene rings is 1. The van der Waals surface area contributed by atoms with Crippen molar-refractivity contribution in [3.63, 3.8) is 0 Å². The van der Waals surface area contributed by atoms with Crippen molar-refractivity contribution in [3.8, 4) is 10.6 Å². The van der Waals surface area contributed by atoms with Gasteiger partial charge in [-0.3, -0.25) is 0 Å². The third kappa shape index (κ3) is 2.81. The van der Waals surface area contributed by atoms with Gasteiger partial charge >= 0.3 is 0 Å². The minimum absolute atomic E-state index is 0.134. The summed E-state index contributed by atoms with van der Waals surface area (Å²) < 4.78 is 27.0. The maximum Gasteiger partial charge on any atom is 0.243 e. The number of sulfonamides is 1. The van der Waals surface area contributed by atoms with E-state index in [0.29, 0.717) is 13.0 Å². The molecule has 118 valence electrons. The molecule has 3 rings (SSSR count). The summed E-state index contributed by atoms with van der Waals surface area (Å²) in [4.78, 5) is 4.67. The van der Waals surface area contributed by atoms with Crippen LogP contribution < -0.4 is 0 Å². The van der Waals surface area contributed by atoms with Gasteiger partial charge in [-0.1, -0.05) is 12.1 Å². The van der Waals surface area contributed by atoms with Crippen LogP contribution in [0.1, 0.15) is 18.5 Å². The SMILES string of the molecule is Cc1csc(-c2cccc(S(=O)(=O)N3CCCC3CO)c2)n1. The van der Waals surface area contributed by atoms with E-state index in [1.807, 2.05) is 18.4 Å². The molecule has 7 heteroatoms. The highest BCUT2D eigenvalue weighted by molar-refractivity contribution is 7.89. The quantitative estimate of drug-likeness (QED) is 0.928. The van der Waals surface area contributed by atoms with E-state index >= 15 is 0 Å². The molecule has 1 saturated heterocycles. The second kappa shape index (κ2) is 6.08. The van der Waals surface area contributed by atoms with Crippen LogP contribution in [0, 0.1) is 6.92 Å². The van der Waals surface area contributed by atoms with Gasteiger partial charge in [0.25, 0.3) is 0 Å². The number of aryl methyl sites for hydroxylation is 1. The van der Waals surface area contributed by atoms with Crippen LogP contribution in [0.2, 0.25) is 0 Å². The monoisotopic (exact) mass is 338 g/mol. The molecule has 1 fully saturated rings. The minimum atomic E-state index is -3.57. The molecule has 1 aromatic heterocycles. The van der Waals surface area contributed by atoms with E-state index in [2.05, 4.69) is 4.98 Å². The van der Waals surface area contributed by atoms with E-state index in [4.69, 9.17) is 0 Å². The summed E-state index contributed by atoms with van der Waals surface area (Å²) in [5, 5.41) is 12.1. The largest absolute Gasteiger partial charge is 0.395 e. The first kappa shape index (κ1) is 15.6. The fraction of sp³-hybridized carbons (Fsp3) is 0.400. The molecule has 2 heterocycles. The fourth-order valence-corrected chi connectivity index (χ4v) is 5.25. The van der Waals surface area contributed by atoms with Gasteiger partial charge < -0.3 is 5.11 Å². The summed E-state index contributed by atoms with van der Waals surface area (Å²) in [6.45, 7) is 2.25. The zero-order valence-electron chi connectivity index (χ0n) is 12.3. The maximum atomic E-state index is 12.8. The van der Waals surface area contributed by atoms with Crippen molar-refractivity contribution in [3.05, 3.63) is 35.3 Å². The topological polar surface area (TPSA) is 70.5 Å². The number of hydrogen-bond donors (Lipinski definition) is 1. The van der Waals surface area contributed by atoms with Crippen molar-refractivity contribution in [2.45, 2.75) is 30.7 Å². The molecule has 1 aromatic carbocycles. The first-order valence-electron chi connectivity index (χ1n) is 7.17. The van der Waals surface area contributed by atoms with Crippen LogP contribution in [0.5, 0.6) is 0 Å². The highest BCUT2D eigenvalue weighted by atomic mass is 32.2. The fourth-order valence-electron chi connectivity index (χ4n) is 2.72. The number of nitrogens with zero attached hydrogens (tertiary/aromatic N) is 2. The molecule has 0 spiro atoms. The number of thiazole rings is 1. The van der Waals surface area contributed by atoms with Gasteiger partial charge in [-0.05, 0) is 31.9 Å². The first-order chi connectivity index (χ1) is 10.5. The van der Waals surface area contributed by atoms with Gasteiger partial charge in [-0.25, -0.2) is 13.4 Å². The van der Waals surface area contributed by atoms with E-state index in [0.717, 1.165) is 22.7 Å². The molecule has 1 atom stereocenters. The summed E-state index contributed by atoms with van der Waals surface area (Å²) in [5.41, 5.74) is 1.73. The van der Waals surface area contributed by atoms with E-state index in [1.165, 1.54) is 15.6 Å². The van der Waals surface area contributed by atoms with E-state index in [-0.39, 0.29) is 17.5 Å². The maximum absolute atomic E-state index is 12.8. The molecule has 0 saturated carbocycles. The first-order valence-corrected chi connectivity index (χ1v) is 9.49. The van der Waals surface area contributed by atoms with Gasteiger partial charge in [0.15, 0.2) is 0 Å². The van der Waals surface area contributed by atoms with Crippen molar-refractivity contribution in [1.82, 2.24) is 9.29 Å². The van der Waals surface area contributed by atoms with E-state index < -0.39 is 10.0 Å². The van der Waals surface area contributed by atoms with Crippen LogP contribution in [0.25, 0.3) is 10.6 Å². The molecule has 0 amide bonds. The predicted octanol–water partition coefficient (Wildman–Crippen LogP) is 2.26. The molecular formula is C15H18N2O3S2. The molecular weight excluding hydrogens is 320 g/mol. The number of aliphatic hydroxyl groups is 1. The Bertz CT molecular complexity index is 771. The third-order valence-corrected chi connectivity index (χ3v) is 6.80. The standard InChI is InChI=1S/C15H18N2O3S2/c1-11-10-21-15(16-11)12-4-2-6-14(8-12)22(19,20)17-7-3-5-13(17)9-18/h2,4,6,8,10,13,18H,3,5,7,9H2,1H3. The lowest BCUT2D eigenvalue weighted by Crippen LogP contribution is -2.37. The number of aromatic nitrogens is 1. The van der Waals surface area contributed by atoms with Gasteiger partial charge in [0.2, 0.25) is 10.0 Å². The highest BCUT2D eigenvalue weighted by Crippen LogP contribution is 2.29. The Balaban J connectivity index is 1.98. The Morgan fingerprint density at radius 3 is 2.95 bits per heavy atom. The molecule has 1 unspecified atom stereocenters. The van der Waals surface area contributed by atoms with Crippen molar-refractivity contribution in [2.24, 2.45) is 0 Å². The minimum Gasteiger partial charge on any atom is -0.395 e. The second-order valence-corrected chi connectivity index (χ2v) is 8.16. The van der Waals surface area contributed by atoms with Crippen molar-refractivity contribution in [1.29, 1.82) is 0 Å². The molecule has 0 bridgehead atoms. The molecule has 1 aliphatic rings. The van der Waals surface area contributed by atoms with Gasteiger partial charge in [0.1, 0.15) is 5.01 Å². The Hall–Kier alpha value is -1.28. The average Bonchev–Trinajstić information content (AvgIpc) is 3.16. The summed E-state index contributed by atoms with van der Waals surface area (Å²) in [6.07, 6.45) is 1.50. The average molecular weight is 338 g/mol. The summed E-state index contributed by atoms with van der Waals surface area (Å²) in [7, 11) is -3.57. The number of aliphatic hydroxyl groups excluding tert-OH is 1. The highest BCUT2D eigenvalue weighted by Gasteiger charge is 2.34. The summed E-state index contributed by atoms with van der Waals surface area (Å²) in [6, 6.07) is 6.57. The summed E-state index contributed by atoms with van der Waals surface area (Å²) >= 11 is 1.50. The van der Waals surface area contributed by atoms with Gasteiger partial charge in [0, 0.05) is 29.2 Å². The Morgan fingerprint density at radius 2 is 2.27 bits per heavy atom. The molecule has 22 heavy (non-hydrogen) atoms. The van der Waals surface area contributed by atoms with Crippen molar-refractivity contribution in [2.75, 3.05) is 13.2 Å². The number of rotatable bonds is 4. The van der Waals surface area contributed by atoms with Gasteiger partial charge in [-0.2, -0.15) is 4.31 Å². The third-order valence-electron chi connectivity index (χ3n) is 3.84. The Morgan fingerprint density at radius 1 is 1.45 bits per heavy atom. The van der Waals surface area contributed by atoms with Crippen LogP contribution in [-0.4, -0.2) is 42.0 Å². The van der Waals surface area contributed by atoms with Crippen LogP contribution in [0.4, 0.5) is 0 Å². The molecule has 0 radical (unpaired) electrons. The van der Waals surface area contributed by atoms with Crippen molar-refractivity contribution < 1.29 is 13.5 Å². The van der Waals surface area contributed by atoms with Crippen LogP contribution >= 0.6 is 11.3 Å². The zero-order valence-corrected chi connectivity index (χ0v) is 13.9. The zero-order chi connectivity index (χ0) is 15.7. The van der Waals surface area contributed by atoms with E-state index in [9.17, 15) is 13.5 Å². The lowest BCUT2D eigenvalue weighted by atomic mass is 10.2. The van der Waals surface area contributed by atoms with E-state index in [1.54, 1.807) is 18.2 Å². The van der Waals surface area contributed by atoms with Crippen molar-refractivity contribution >= 4 is 21.4 Å². The van der Waals surface area contributed by atoms with Gasteiger partial charge in [-0.15, -0.1) is 11.3 Å². The number of hydrogen-bond acceptors (Lipinski definition) is 5. The molecule has 1 aliphatic heterocycles. The Kier molecular flexibility index (Phi) is 4.31. The second-order valence-electron chi connectivity index (χ2n) is 5.42. The molecule has 5 nitrogen and oxygen atoms in total. The molecule has 2 aromatic rings. The lowest BCUT2D eigenvalue weighted by Gasteiger charge is -2.22. The predicted molar refractivity (Wildman–Crippen MR) is 86.3 cm³/mol. The lowest BCUT2D eigenvalue weighted by molar-refractivity contribution is 0.213. The van der Waals surface area contributed by atoms with Crippen LogP contribution in [0.15, 0.2) is 34.5 Å². The molecule has 1 N–H and O–H groups in total. The van der Waals surface area contributed by atoms with Crippen LogP contribution in [-0.2, 0) is 10.0 Å². The molecule has 0 aliphatic carbocycles. The normalized spacial score (nSPS) is 19.6. The van der Waals surface area contributed by atoms with Crippen LogP contribution in [0.3, 0.4) is 0 Å². The smallest absolute Gasteiger partial charge is 0.243 e. The Labute approximate surface area is 134 Å². The summed E-state index contributed by atoms with van der Waals surface area (Å²) in [5.74, 6) is 0.